The van der Waals surface area contributed by atoms with Crippen LogP contribution in [0.15, 0.2) is 16.9 Å². The molecule has 9 heavy (non-hydrogen) atoms. The number of allylic oxidation sites excluding steroid dienone is 1. The predicted molar refractivity (Wildman–Crippen MR) is 38.4 cm³/mol. The van der Waals surface area contributed by atoms with Crippen molar-refractivity contribution in [3.63, 3.8) is 0 Å². The Balaban J connectivity index is 4.19. The van der Waals surface area contributed by atoms with Gasteiger partial charge >= 0.3 is 0 Å². The summed E-state index contributed by atoms with van der Waals surface area (Å²) in [7, 11) is 0. The second-order valence-corrected chi connectivity index (χ2v) is 3.19. The molecular formula is C7H14N2. The van der Waals surface area contributed by atoms with Gasteiger partial charge in [0.1, 0.15) is 0 Å². The van der Waals surface area contributed by atoms with Crippen molar-refractivity contribution in [2.75, 3.05) is 0 Å². The van der Waals surface area contributed by atoms with Crippen molar-refractivity contribution in [2.45, 2.75) is 27.7 Å². The maximum Gasteiger partial charge on any atom is 0.0483 e. The Kier molecular flexibility index (Phi) is 2.56. The van der Waals surface area contributed by atoms with Crippen molar-refractivity contribution in [1.29, 1.82) is 5.53 Å². The number of rotatable bonds is 1. The Hall–Kier alpha value is -0.660. The summed E-state index contributed by atoms with van der Waals surface area (Å²) in [6.45, 7) is 8.29. The minimum Gasteiger partial charge on any atom is -0.205 e. The van der Waals surface area contributed by atoms with Crippen LogP contribution < -0.4 is 0 Å². The van der Waals surface area contributed by atoms with Gasteiger partial charge in [0.25, 0.3) is 0 Å². The molecule has 0 aromatic rings. The average molecular weight is 126 g/mol. The first-order valence-electron chi connectivity index (χ1n) is 3.02. The predicted octanol–water partition coefficient (Wildman–Crippen LogP) is 2.97. The molecule has 0 radical (unpaired) electrons. The molecule has 0 spiro atoms. The first-order valence-corrected chi connectivity index (χ1v) is 3.02. The van der Waals surface area contributed by atoms with Crippen LogP contribution >= 0.6 is 0 Å². The summed E-state index contributed by atoms with van der Waals surface area (Å²) in [5.74, 6) is 0. The Bertz CT molecular complexity index is 128. The van der Waals surface area contributed by atoms with Crippen molar-refractivity contribution in [3.8, 4) is 0 Å². The highest BCUT2D eigenvalue weighted by Gasteiger charge is 2.11. The summed E-state index contributed by atoms with van der Waals surface area (Å²) in [5, 5.41) is 3.19. The molecule has 0 saturated heterocycles. The highest BCUT2D eigenvalue weighted by molar-refractivity contribution is 5.05. The Morgan fingerprint density at radius 2 is 1.89 bits per heavy atom. The molecule has 1 N–H and O–H groups in total. The van der Waals surface area contributed by atoms with Gasteiger partial charge < -0.3 is 0 Å². The van der Waals surface area contributed by atoms with Crippen LogP contribution in [0.3, 0.4) is 0 Å². The Labute approximate surface area is 56.5 Å². The fraction of sp³-hybridized carbons (Fsp3) is 0.714. The minimum atomic E-state index is 0.157. The first kappa shape index (κ1) is 8.34. The lowest BCUT2D eigenvalue weighted by atomic mass is 9.88. The van der Waals surface area contributed by atoms with E-state index in [1.54, 1.807) is 6.20 Å². The van der Waals surface area contributed by atoms with E-state index < -0.39 is 0 Å². The molecule has 0 fully saturated rings. The lowest BCUT2D eigenvalue weighted by Gasteiger charge is -2.17. The van der Waals surface area contributed by atoms with Crippen molar-refractivity contribution in [1.82, 2.24) is 0 Å². The Morgan fingerprint density at radius 1 is 1.44 bits per heavy atom. The summed E-state index contributed by atoms with van der Waals surface area (Å²) < 4.78 is 0. The summed E-state index contributed by atoms with van der Waals surface area (Å²) in [6.07, 6.45) is 1.58. The van der Waals surface area contributed by atoms with Gasteiger partial charge in [-0.05, 0) is 17.9 Å². The fourth-order valence-electron chi connectivity index (χ4n) is 0.290. The number of hydrogen-bond acceptors (Lipinski definition) is 2. The van der Waals surface area contributed by atoms with Crippen LogP contribution in [0.5, 0.6) is 0 Å². The number of nitrogens with zero attached hydrogens (tertiary/aromatic N) is 1. The molecule has 0 unspecified atom stereocenters. The van der Waals surface area contributed by atoms with Gasteiger partial charge in [0, 0.05) is 6.20 Å². The van der Waals surface area contributed by atoms with Crippen molar-refractivity contribution in [2.24, 2.45) is 10.5 Å². The standard InChI is InChI=1S/C7H14N2/c1-6(5-9-8)7(2,3)4/h5,8H,1-4H3/b6-5+,9-8?. The third-order valence-corrected chi connectivity index (χ3v) is 1.44. The normalized spacial score (nSPS) is 13.6. The van der Waals surface area contributed by atoms with E-state index in [0.717, 1.165) is 5.57 Å². The lowest BCUT2D eigenvalue weighted by Crippen LogP contribution is -2.05. The van der Waals surface area contributed by atoms with Gasteiger partial charge in [0.15, 0.2) is 0 Å². The average Bonchev–Trinajstić information content (AvgIpc) is 1.64. The van der Waals surface area contributed by atoms with E-state index in [1.165, 1.54) is 0 Å². The smallest absolute Gasteiger partial charge is 0.0483 e. The highest BCUT2D eigenvalue weighted by Crippen LogP contribution is 2.23. The van der Waals surface area contributed by atoms with Crippen LogP contribution in [0.2, 0.25) is 0 Å². The zero-order valence-corrected chi connectivity index (χ0v) is 6.52. The molecular weight excluding hydrogens is 112 g/mol. The van der Waals surface area contributed by atoms with Crippen molar-refractivity contribution in [3.05, 3.63) is 11.8 Å². The van der Waals surface area contributed by atoms with Crippen molar-refractivity contribution >= 4 is 0 Å². The zero-order valence-electron chi connectivity index (χ0n) is 6.52. The molecule has 0 aromatic heterocycles. The molecule has 0 saturated carbocycles. The van der Waals surface area contributed by atoms with Crippen LogP contribution in [-0.4, -0.2) is 0 Å². The first-order chi connectivity index (χ1) is 3.98. The third kappa shape index (κ3) is 3.01. The van der Waals surface area contributed by atoms with Gasteiger partial charge in [-0.2, -0.15) is 5.11 Å². The van der Waals surface area contributed by atoms with Gasteiger partial charge in [-0.25, -0.2) is 5.53 Å². The van der Waals surface area contributed by atoms with Gasteiger partial charge in [0.2, 0.25) is 0 Å². The minimum absolute atomic E-state index is 0.157. The highest BCUT2D eigenvalue weighted by atomic mass is 14.9. The molecule has 0 aliphatic carbocycles. The molecule has 0 atom stereocenters. The van der Waals surface area contributed by atoms with Crippen LogP contribution in [0.4, 0.5) is 0 Å². The SMILES string of the molecule is C/C(=C\N=N)C(C)(C)C. The topological polar surface area (TPSA) is 36.2 Å². The van der Waals surface area contributed by atoms with Crippen LogP contribution in [0, 0.1) is 10.9 Å². The van der Waals surface area contributed by atoms with E-state index in [0.29, 0.717) is 0 Å². The molecule has 2 heteroatoms. The van der Waals surface area contributed by atoms with Crippen LogP contribution in [-0.2, 0) is 0 Å². The fourth-order valence-corrected chi connectivity index (χ4v) is 0.290. The molecule has 2 nitrogen and oxygen atoms in total. The summed E-state index contributed by atoms with van der Waals surface area (Å²) >= 11 is 0. The molecule has 0 rings (SSSR count). The van der Waals surface area contributed by atoms with Crippen LogP contribution in [0.1, 0.15) is 27.7 Å². The Morgan fingerprint density at radius 3 is 2.00 bits per heavy atom. The zero-order chi connectivity index (χ0) is 7.49. The summed E-state index contributed by atoms with van der Waals surface area (Å²) in [5.41, 5.74) is 7.86. The van der Waals surface area contributed by atoms with E-state index in [1.807, 2.05) is 6.92 Å². The quantitative estimate of drug-likeness (QED) is 0.524. The van der Waals surface area contributed by atoms with Crippen LogP contribution in [0.25, 0.3) is 0 Å². The molecule has 0 heterocycles. The number of hydrogen-bond donors (Lipinski definition) is 1. The molecule has 0 aromatic carbocycles. The largest absolute Gasteiger partial charge is 0.205 e. The molecule has 52 valence electrons. The summed E-state index contributed by atoms with van der Waals surface area (Å²) in [4.78, 5) is 0. The van der Waals surface area contributed by atoms with E-state index in [9.17, 15) is 0 Å². The van der Waals surface area contributed by atoms with Gasteiger partial charge in [-0.15, -0.1) is 0 Å². The van der Waals surface area contributed by atoms with Gasteiger partial charge in [0.05, 0.1) is 0 Å². The summed E-state index contributed by atoms with van der Waals surface area (Å²) in [6, 6.07) is 0. The van der Waals surface area contributed by atoms with E-state index in [-0.39, 0.29) is 5.41 Å². The van der Waals surface area contributed by atoms with Gasteiger partial charge in [-0.3, -0.25) is 0 Å². The third-order valence-electron chi connectivity index (χ3n) is 1.44. The maximum absolute atomic E-state index is 6.56. The molecule has 0 aliphatic heterocycles. The second kappa shape index (κ2) is 2.76. The molecule has 0 bridgehead atoms. The molecule has 0 amide bonds. The van der Waals surface area contributed by atoms with Crippen molar-refractivity contribution < 1.29 is 0 Å². The second-order valence-electron chi connectivity index (χ2n) is 3.19. The van der Waals surface area contributed by atoms with E-state index in [2.05, 4.69) is 25.9 Å². The monoisotopic (exact) mass is 126 g/mol. The van der Waals surface area contributed by atoms with Gasteiger partial charge in [-0.1, -0.05) is 20.8 Å². The lowest BCUT2D eigenvalue weighted by molar-refractivity contribution is 0.502. The van der Waals surface area contributed by atoms with E-state index in [4.69, 9.17) is 5.53 Å². The molecule has 0 aliphatic rings. The number of nitrogens with one attached hydrogen (secondary N) is 1. The maximum atomic E-state index is 6.56. The van der Waals surface area contributed by atoms with E-state index >= 15 is 0 Å².